The maximum absolute atomic E-state index is 6.16. The first-order valence-electron chi connectivity index (χ1n) is 6.50. The first kappa shape index (κ1) is 17.5. The van der Waals surface area contributed by atoms with Crippen LogP contribution < -0.4 is 0 Å². The zero-order valence-electron chi connectivity index (χ0n) is 13.6. The van der Waals surface area contributed by atoms with E-state index in [4.69, 9.17) is 8.85 Å². The molecule has 0 saturated carbocycles. The number of allylic oxidation sites excluding steroid dienone is 2. The first-order valence-corrected chi connectivity index (χ1v) is 13.3. The molecule has 0 saturated heterocycles. The summed E-state index contributed by atoms with van der Waals surface area (Å²) in [6, 6.07) is 0. The van der Waals surface area contributed by atoms with E-state index in [0.29, 0.717) is 0 Å². The average molecular weight is 287 g/mol. The molecule has 0 aromatic heterocycles. The van der Waals surface area contributed by atoms with E-state index in [0.717, 1.165) is 11.5 Å². The van der Waals surface area contributed by atoms with E-state index in [-0.39, 0.29) is 5.41 Å². The zero-order chi connectivity index (χ0) is 14.8. The molecule has 0 rings (SSSR count). The second-order valence-corrected chi connectivity index (χ2v) is 16.5. The van der Waals surface area contributed by atoms with Crippen LogP contribution in [0.1, 0.15) is 20.8 Å². The lowest BCUT2D eigenvalue weighted by Crippen LogP contribution is -2.30. The highest BCUT2D eigenvalue weighted by molar-refractivity contribution is 6.70. The van der Waals surface area contributed by atoms with Crippen molar-refractivity contribution in [1.82, 2.24) is 0 Å². The molecule has 0 atom stereocenters. The molecule has 0 unspecified atom stereocenters. The summed E-state index contributed by atoms with van der Waals surface area (Å²) >= 11 is 0. The summed E-state index contributed by atoms with van der Waals surface area (Å²) in [7, 11) is -3.20. The van der Waals surface area contributed by atoms with E-state index in [1.165, 1.54) is 0 Å². The van der Waals surface area contributed by atoms with Crippen LogP contribution in [0.25, 0.3) is 0 Å². The Morgan fingerprint density at radius 2 is 1.28 bits per heavy atom. The Morgan fingerprint density at radius 3 is 1.56 bits per heavy atom. The van der Waals surface area contributed by atoms with Crippen LogP contribution in [0.4, 0.5) is 0 Å². The van der Waals surface area contributed by atoms with Crippen molar-refractivity contribution in [3.05, 3.63) is 24.2 Å². The molecule has 0 aromatic rings. The van der Waals surface area contributed by atoms with Gasteiger partial charge >= 0.3 is 0 Å². The van der Waals surface area contributed by atoms with E-state index >= 15 is 0 Å². The molecule has 0 radical (unpaired) electrons. The number of rotatable bonds is 5. The quantitative estimate of drug-likeness (QED) is 0.396. The Kier molecular flexibility index (Phi) is 5.50. The summed E-state index contributed by atoms with van der Waals surface area (Å²) in [5, 5.41) is 0. The smallest absolute Gasteiger partial charge is 0.242 e. The van der Waals surface area contributed by atoms with Crippen molar-refractivity contribution in [2.24, 2.45) is 5.41 Å². The molecule has 0 aliphatic rings. The van der Waals surface area contributed by atoms with Crippen molar-refractivity contribution in [1.29, 1.82) is 0 Å². The minimum atomic E-state index is -1.61. The molecule has 2 nitrogen and oxygen atoms in total. The lowest BCUT2D eigenvalue weighted by Gasteiger charge is -2.31. The van der Waals surface area contributed by atoms with E-state index in [9.17, 15) is 0 Å². The maximum Gasteiger partial charge on any atom is 0.242 e. The molecule has 0 fully saturated rings. The van der Waals surface area contributed by atoms with Gasteiger partial charge in [-0.1, -0.05) is 27.4 Å². The van der Waals surface area contributed by atoms with Crippen LogP contribution >= 0.6 is 0 Å². The van der Waals surface area contributed by atoms with Gasteiger partial charge < -0.3 is 8.85 Å². The molecule has 0 heterocycles. The van der Waals surface area contributed by atoms with Crippen molar-refractivity contribution >= 4 is 16.6 Å². The van der Waals surface area contributed by atoms with E-state index in [1.807, 2.05) is 6.08 Å². The topological polar surface area (TPSA) is 18.5 Å². The molecule has 0 amide bonds. The zero-order valence-corrected chi connectivity index (χ0v) is 15.6. The van der Waals surface area contributed by atoms with Crippen LogP contribution in [0.5, 0.6) is 0 Å². The fraction of sp³-hybridized carbons (Fsp3) is 0.714. The summed E-state index contributed by atoms with van der Waals surface area (Å²) in [4.78, 5) is 0. The van der Waals surface area contributed by atoms with Gasteiger partial charge in [0.05, 0.1) is 11.5 Å². The molecule has 0 spiro atoms. The van der Waals surface area contributed by atoms with Gasteiger partial charge in [0.1, 0.15) is 0 Å². The van der Waals surface area contributed by atoms with E-state index < -0.39 is 16.6 Å². The molecule has 0 bridgehead atoms. The lowest BCUT2D eigenvalue weighted by molar-refractivity contribution is 0.285. The molecular formula is C14H30O2Si2. The Bertz CT molecular complexity index is 325. The predicted molar refractivity (Wildman–Crippen MR) is 85.5 cm³/mol. The first-order chi connectivity index (χ1) is 7.71. The Morgan fingerprint density at radius 1 is 0.889 bits per heavy atom. The minimum absolute atomic E-state index is 0.0218. The van der Waals surface area contributed by atoms with Crippen molar-refractivity contribution in [2.45, 2.75) is 60.1 Å². The number of hydrogen-bond acceptors (Lipinski definition) is 2. The molecule has 4 heteroatoms. The largest absolute Gasteiger partial charge is 0.547 e. The van der Waals surface area contributed by atoms with Gasteiger partial charge in [-0.05, 0) is 39.3 Å². The second-order valence-electron chi connectivity index (χ2n) is 7.65. The van der Waals surface area contributed by atoms with Crippen LogP contribution in [0, 0.1) is 5.41 Å². The van der Waals surface area contributed by atoms with Crippen LogP contribution in [-0.2, 0) is 8.85 Å². The third kappa shape index (κ3) is 8.58. The highest BCUT2D eigenvalue weighted by atomic mass is 28.4. The lowest BCUT2D eigenvalue weighted by atomic mass is 9.93. The minimum Gasteiger partial charge on any atom is -0.547 e. The monoisotopic (exact) mass is 286 g/mol. The van der Waals surface area contributed by atoms with Gasteiger partial charge in [0, 0.05) is 11.5 Å². The fourth-order valence-corrected chi connectivity index (χ4v) is 3.17. The maximum atomic E-state index is 6.16. The second kappa shape index (κ2) is 5.65. The summed E-state index contributed by atoms with van der Waals surface area (Å²) in [5.74, 6) is 1.70. The van der Waals surface area contributed by atoms with Crippen molar-refractivity contribution in [2.75, 3.05) is 0 Å². The molecular weight excluding hydrogens is 256 g/mol. The Labute approximate surface area is 115 Å². The van der Waals surface area contributed by atoms with Crippen LogP contribution in [0.3, 0.4) is 0 Å². The molecule has 0 aliphatic carbocycles. The summed E-state index contributed by atoms with van der Waals surface area (Å²) in [6.07, 6.45) is 1.97. The third-order valence-electron chi connectivity index (χ3n) is 1.88. The highest BCUT2D eigenvalue weighted by Crippen LogP contribution is 2.30. The van der Waals surface area contributed by atoms with Crippen molar-refractivity contribution in [3.63, 3.8) is 0 Å². The molecule has 0 aliphatic heterocycles. The average Bonchev–Trinajstić information content (AvgIpc) is 1.93. The highest BCUT2D eigenvalue weighted by Gasteiger charge is 2.26. The predicted octanol–water partition coefficient (Wildman–Crippen LogP) is 5.13. The van der Waals surface area contributed by atoms with Crippen molar-refractivity contribution < 1.29 is 8.85 Å². The normalized spacial score (nSPS) is 14.4. The third-order valence-corrected chi connectivity index (χ3v) is 3.59. The van der Waals surface area contributed by atoms with Gasteiger partial charge in [-0.2, -0.15) is 0 Å². The summed E-state index contributed by atoms with van der Waals surface area (Å²) in [6.45, 7) is 23.5. The van der Waals surface area contributed by atoms with Gasteiger partial charge in [-0.15, -0.1) is 0 Å². The molecule has 0 aromatic carbocycles. The van der Waals surface area contributed by atoms with Crippen LogP contribution in [0.2, 0.25) is 39.3 Å². The van der Waals surface area contributed by atoms with E-state index in [2.05, 4.69) is 66.6 Å². The molecule has 18 heavy (non-hydrogen) atoms. The molecule has 106 valence electrons. The van der Waals surface area contributed by atoms with Gasteiger partial charge in [-0.25, -0.2) is 0 Å². The van der Waals surface area contributed by atoms with Crippen molar-refractivity contribution in [3.8, 4) is 0 Å². The van der Waals surface area contributed by atoms with Gasteiger partial charge in [0.25, 0.3) is 0 Å². The Balaban J connectivity index is 5.05. The van der Waals surface area contributed by atoms with Gasteiger partial charge in [0.2, 0.25) is 16.6 Å². The van der Waals surface area contributed by atoms with Gasteiger partial charge in [-0.3, -0.25) is 0 Å². The van der Waals surface area contributed by atoms with E-state index in [1.54, 1.807) is 0 Å². The summed E-state index contributed by atoms with van der Waals surface area (Å²) in [5.41, 5.74) is -0.0218. The molecule has 0 N–H and O–H groups in total. The van der Waals surface area contributed by atoms with Crippen LogP contribution in [-0.4, -0.2) is 16.6 Å². The SMILES string of the molecule is C=C(/C=C(/O[Si](C)(C)C)C(C)(C)C)O[Si](C)(C)C. The fourth-order valence-electron chi connectivity index (χ4n) is 1.30. The van der Waals surface area contributed by atoms with Gasteiger partial charge in [0.15, 0.2) is 0 Å². The van der Waals surface area contributed by atoms with Crippen LogP contribution in [0.15, 0.2) is 24.2 Å². The summed E-state index contributed by atoms with van der Waals surface area (Å²) < 4.78 is 12.0. The Hall–Kier alpha value is -0.486. The standard InChI is InChI=1S/C14H30O2Si2/c1-12(15-17(5,6)7)11-13(14(2,3)4)16-18(8,9)10/h11H,1H2,2-10H3/b13-11+. The number of hydrogen-bond donors (Lipinski definition) is 0.